The van der Waals surface area contributed by atoms with Crippen LogP contribution in [0.2, 0.25) is 0 Å². The maximum Gasteiger partial charge on any atom is 0.0998 e. The lowest BCUT2D eigenvalue weighted by atomic mass is 9.85. The predicted octanol–water partition coefficient (Wildman–Crippen LogP) is 11.3. The molecule has 2 aromatic heterocycles. The molecule has 0 aliphatic heterocycles. The van der Waals surface area contributed by atoms with Gasteiger partial charge < -0.3 is 0 Å². The van der Waals surface area contributed by atoms with Gasteiger partial charge in [-0.25, -0.2) is 0 Å². The van der Waals surface area contributed by atoms with Crippen molar-refractivity contribution in [1.82, 2.24) is 0 Å². The average molecular weight is 544 g/mol. The Morgan fingerprint density at radius 1 is 0.450 bits per heavy atom. The molecule has 0 unspecified atom stereocenters. The Labute approximate surface area is 239 Å². The van der Waals surface area contributed by atoms with Crippen molar-refractivity contribution in [3.8, 4) is 39.4 Å². The van der Waals surface area contributed by atoms with E-state index in [2.05, 4.69) is 115 Å². The molecule has 186 valence electrons. The molecular formula is C37H21NS2. The summed E-state index contributed by atoms with van der Waals surface area (Å²) in [6.07, 6.45) is 0. The molecule has 0 N–H and O–H groups in total. The second-order valence-electron chi connectivity index (χ2n) is 9.98. The van der Waals surface area contributed by atoms with Gasteiger partial charge in [0.2, 0.25) is 0 Å². The quantitative estimate of drug-likeness (QED) is 0.217. The molecule has 0 saturated carbocycles. The van der Waals surface area contributed by atoms with Gasteiger partial charge in [-0.15, -0.1) is 22.7 Å². The Morgan fingerprint density at radius 2 is 1.05 bits per heavy atom. The minimum absolute atomic E-state index is 0.682. The lowest BCUT2D eigenvalue weighted by Crippen LogP contribution is -1.93. The summed E-state index contributed by atoms with van der Waals surface area (Å²) in [5.74, 6) is 0. The van der Waals surface area contributed by atoms with Gasteiger partial charge in [0, 0.05) is 51.5 Å². The van der Waals surface area contributed by atoms with Crippen LogP contribution in [0.25, 0.3) is 73.7 Å². The van der Waals surface area contributed by atoms with E-state index in [1.165, 1.54) is 45.9 Å². The molecule has 2 heterocycles. The summed E-state index contributed by atoms with van der Waals surface area (Å²) < 4.78 is 5.15. The number of nitrogens with zero attached hydrogens (tertiary/aromatic N) is 1. The number of nitriles is 1. The zero-order valence-corrected chi connectivity index (χ0v) is 23.0. The molecular weight excluding hydrogens is 523 g/mol. The average Bonchev–Trinajstić information content (AvgIpc) is 3.59. The van der Waals surface area contributed by atoms with Crippen molar-refractivity contribution in [2.75, 3.05) is 0 Å². The lowest BCUT2D eigenvalue weighted by Gasteiger charge is -2.18. The maximum absolute atomic E-state index is 10.2. The van der Waals surface area contributed by atoms with Gasteiger partial charge in [0.1, 0.15) is 0 Å². The highest BCUT2D eigenvalue weighted by Crippen LogP contribution is 2.47. The van der Waals surface area contributed by atoms with Gasteiger partial charge in [0.25, 0.3) is 0 Å². The number of benzene rings is 6. The lowest BCUT2D eigenvalue weighted by molar-refractivity contribution is 1.48. The molecule has 8 rings (SSSR count). The SMILES string of the molecule is N#Cc1ccccc1-c1c(-c2ccc3sc4ccccc4c3c2)cccc1-c1cccc2c1sc1ccccc12. The van der Waals surface area contributed by atoms with Crippen LogP contribution in [-0.2, 0) is 0 Å². The Bertz CT molecular complexity index is 2290. The maximum atomic E-state index is 10.2. The summed E-state index contributed by atoms with van der Waals surface area (Å²) >= 11 is 3.67. The van der Waals surface area contributed by atoms with Crippen LogP contribution in [0.1, 0.15) is 5.56 Å². The fraction of sp³-hybridized carbons (Fsp3) is 0. The van der Waals surface area contributed by atoms with Crippen LogP contribution in [-0.4, -0.2) is 0 Å². The highest BCUT2D eigenvalue weighted by Gasteiger charge is 2.20. The second kappa shape index (κ2) is 9.17. The fourth-order valence-corrected chi connectivity index (χ4v) is 8.28. The zero-order valence-electron chi connectivity index (χ0n) is 21.4. The third-order valence-electron chi connectivity index (χ3n) is 7.76. The Morgan fingerprint density at radius 3 is 1.90 bits per heavy atom. The van der Waals surface area contributed by atoms with Crippen LogP contribution in [0.5, 0.6) is 0 Å². The summed E-state index contributed by atoms with van der Waals surface area (Å²) in [5, 5.41) is 15.3. The van der Waals surface area contributed by atoms with Crippen molar-refractivity contribution in [2.24, 2.45) is 0 Å². The highest BCUT2D eigenvalue weighted by molar-refractivity contribution is 7.26. The molecule has 0 radical (unpaired) electrons. The van der Waals surface area contributed by atoms with E-state index < -0.39 is 0 Å². The number of hydrogen-bond donors (Lipinski definition) is 0. The van der Waals surface area contributed by atoms with Crippen molar-refractivity contribution in [3.05, 3.63) is 133 Å². The van der Waals surface area contributed by atoms with E-state index in [0.717, 1.165) is 27.8 Å². The van der Waals surface area contributed by atoms with E-state index in [-0.39, 0.29) is 0 Å². The summed E-state index contributed by atoms with van der Waals surface area (Å²) in [4.78, 5) is 0. The molecule has 0 atom stereocenters. The van der Waals surface area contributed by atoms with Gasteiger partial charge in [-0.05, 0) is 52.6 Å². The van der Waals surface area contributed by atoms with Gasteiger partial charge in [0.15, 0.2) is 0 Å². The van der Waals surface area contributed by atoms with E-state index in [9.17, 15) is 5.26 Å². The van der Waals surface area contributed by atoms with Crippen LogP contribution in [0.15, 0.2) is 127 Å². The first kappa shape index (κ1) is 23.2. The molecule has 40 heavy (non-hydrogen) atoms. The highest BCUT2D eigenvalue weighted by atomic mass is 32.1. The summed E-state index contributed by atoms with van der Waals surface area (Å²) in [6.45, 7) is 0. The standard InChI is InChI=1S/C37H21NS2/c38-22-24-9-1-2-10-26(24)36-25(23-19-20-35-32(21-23)28-12-4-5-17-33(28)39-35)13-7-14-29(36)31-16-8-15-30-27-11-3-6-18-34(27)40-37(30)31/h1-21H. The Kier molecular flexibility index (Phi) is 5.31. The molecule has 0 aliphatic carbocycles. The third kappa shape index (κ3) is 3.51. The Hall–Kier alpha value is -4.75. The minimum atomic E-state index is 0.682. The topological polar surface area (TPSA) is 23.8 Å². The normalized spacial score (nSPS) is 11.5. The van der Waals surface area contributed by atoms with Crippen LogP contribution in [0, 0.1) is 11.3 Å². The summed E-state index contributed by atoms with van der Waals surface area (Å²) in [6, 6.07) is 47.7. The first-order valence-corrected chi connectivity index (χ1v) is 14.9. The molecule has 1 nitrogen and oxygen atoms in total. The van der Waals surface area contributed by atoms with Gasteiger partial charge in [-0.3, -0.25) is 0 Å². The number of rotatable bonds is 3. The van der Waals surface area contributed by atoms with Gasteiger partial charge in [0.05, 0.1) is 11.6 Å². The van der Waals surface area contributed by atoms with E-state index in [1.54, 1.807) is 0 Å². The summed E-state index contributed by atoms with van der Waals surface area (Å²) in [7, 11) is 0. The van der Waals surface area contributed by atoms with Crippen molar-refractivity contribution in [3.63, 3.8) is 0 Å². The number of thiophene rings is 2. The Balaban J connectivity index is 1.46. The first-order chi connectivity index (χ1) is 19.8. The van der Waals surface area contributed by atoms with Gasteiger partial charge in [-0.2, -0.15) is 5.26 Å². The molecule has 0 aliphatic rings. The van der Waals surface area contributed by atoms with E-state index in [0.29, 0.717) is 5.56 Å². The second-order valence-corrected chi connectivity index (χ2v) is 12.1. The number of hydrogen-bond acceptors (Lipinski definition) is 3. The monoisotopic (exact) mass is 543 g/mol. The molecule has 0 amide bonds. The van der Waals surface area contributed by atoms with Crippen LogP contribution >= 0.6 is 22.7 Å². The van der Waals surface area contributed by atoms with Crippen molar-refractivity contribution in [1.29, 1.82) is 5.26 Å². The molecule has 0 bridgehead atoms. The molecule has 3 heteroatoms. The molecule has 0 fully saturated rings. The largest absolute Gasteiger partial charge is 0.192 e. The van der Waals surface area contributed by atoms with E-state index in [1.807, 2.05) is 40.9 Å². The minimum Gasteiger partial charge on any atom is -0.192 e. The van der Waals surface area contributed by atoms with Crippen LogP contribution in [0.4, 0.5) is 0 Å². The molecule has 8 aromatic rings. The van der Waals surface area contributed by atoms with Crippen molar-refractivity contribution < 1.29 is 0 Å². The molecule has 0 spiro atoms. The fourth-order valence-electron chi connectivity index (χ4n) is 5.96. The van der Waals surface area contributed by atoms with E-state index in [4.69, 9.17) is 0 Å². The van der Waals surface area contributed by atoms with Crippen LogP contribution < -0.4 is 0 Å². The number of fused-ring (bicyclic) bond motifs is 6. The van der Waals surface area contributed by atoms with Crippen LogP contribution in [0.3, 0.4) is 0 Å². The van der Waals surface area contributed by atoms with Gasteiger partial charge in [-0.1, -0.05) is 97.1 Å². The molecule has 6 aromatic carbocycles. The third-order valence-corrected chi connectivity index (χ3v) is 10.1. The summed E-state index contributed by atoms with van der Waals surface area (Å²) in [5.41, 5.74) is 7.38. The molecule has 0 saturated heterocycles. The van der Waals surface area contributed by atoms with Gasteiger partial charge >= 0.3 is 0 Å². The van der Waals surface area contributed by atoms with E-state index >= 15 is 0 Å². The predicted molar refractivity (Wildman–Crippen MR) is 173 cm³/mol. The van der Waals surface area contributed by atoms with Crippen molar-refractivity contribution in [2.45, 2.75) is 0 Å². The smallest absolute Gasteiger partial charge is 0.0998 e. The first-order valence-electron chi connectivity index (χ1n) is 13.2. The van der Waals surface area contributed by atoms with Crippen molar-refractivity contribution >= 4 is 63.0 Å². The zero-order chi connectivity index (χ0) is 26.6.